The van der Waals surface area contributed by atoms with Gasteiger partial charge in [-0.05, 0) is 54.5 Å². The third-order valence-electron chi connectivity index (χ3n) is 6.57. The van der Waals surface area contributed by atoms with Gasteiger partial charge in [-0.25, -0.2) is 0 Å². The molecule has 0 radical (unpaired) electrons. The van der Waals surface area contributed by atoms with Crippen molar-refractivity contribution in [2.75, 3.05) is 26.4 Å². The summed E-state index contributed by atoms with van der Waals surface area (Å²) in [5, 5.41) is 0. The molecule has 30 heavy (non-hydrogen) atoms. The number of fused-ring (bicyclic) bond motifs is 2. The van der Waals surface area contributed by atoms with Crippen LogP contribution in [-0.4, -0.2) is 48.0 Å². The van der Waals surface area contributed by atoms with Crippen LogP contribution in [-0.2, 0) is 11.3 Å². The van der Waals surface area contributed by atoms with Crippen molar-refractivity contribution >= 4 is 11.8 Å². The van der Waals surface area contributed by atoms with Gasteiger partial charge in [0, 0.05) is 38.2 Å². The Morgan fingerprint density at radius 3 is 2.63 bits per heavy atom. The van der Waals surface area contributed by atoms with Crippen LogP contribution in [0.15, 0.2) is 48.5 Å². The van der Waals surface area contributed by atoms with E-state index in [9.17, 15) is 9.59 Å². The van der Waals surface area contributed by atoms with E-state index in [2.05, 4.69) is 0 Å². The normalized spacial score (nSPS) is 23.1. The second kappa shape index (κ2) is 8.01. The number of amides is 2. The predicted molar refractivity (Wildman–Crippen MR) is 111 cm³/mol. The van der Waals surface area contributed by atoms with Crippen molar-refractivity contribution in [2.24, 2.45) is 11.8 Å². The first kappa shape index (κ1) is 19.0. The number of carbonyl (C=O) groups is 2. The van der Waals surface area contributed by atoms with Crippen LogP contribution in [0.25, 0.3) is 0 Å². The lowest BCUT2D eigenvalue weighted by atomic mass is 9.82. The monoisotopic (exact) mass is 406 g/mol. The summed E-state index contributed by atoms with van der Waals surface area (Å²) in [6, 6.07) is 15.3. The Morgan fingerprint density at radius 2 is 1.77 bits per heavy atom. The maximum Gasteiger partial charge on any atom is 0.253 e. The fraction of sp³-hybridized carbons (Fsp3) is 0.417. The second-order valence-corrected chi connectivity index (χ2v) is 8.42. The number of likely N-dealkylation sites (tertiary alicyclic amines) is 2. The average molecular weight is 406 g/mol. The van der Waals surface area contributed by atoms with E-state index in [0.29, 0.717) is 24.8 Å². The zero-order valence-corrected chi connectivity index (χ0v) is 17.0. The van der Waals surface area contributed by atoms with Gasteiger partial charge < -0.3 is 19.3 Å². The Labute approximate surface area is 176 Å². The Morgan fingerprint density at radius 1 is 0.967 bits per heavy atom. The molecular formula is C24H26N2O4. The highest BCUT2D eigenvalue weighted by Crippen LogP contribution is 2.35. The zero-order valence-electron chi connectivity index (χ0n) is 17.0. The third-order valence-corrected chi connectivity index (χ3v) is 6.57. The number of piperidine rings is 1. The quantitative estimate of drug-likeness (QED) is 0.785. The van der Waals surface area contributed by atoms with Gasteiger partial charge in [0.15, 0.2) is 11.5 Å². The highest BCUT2D eigenvalue weighted by atomic mass is 16.7. The molecule has 0 unspecified atom stereocenters. The molecular weight excluding hydrogens is 380 g/mol. The van der Waals surface area contributed by atoms with E-state index in [-0.39, 0.29) is 18.6 Å². The van der Waals surface area contributed by atoms with E-state index in [1.807, 2.05) is 58.3 Å². The van der Waals surface area contributed by atoms with Gasteiger partial charge in [0.1, 0.15) is 0 Å². The molecule has 5 rings (SSSR count). The molecule has 2 amide bonds. The highest BCUT2D eigenvalue weighted by Gasteiger charge is 2.36. The first-order valence-electron chi connectivity index (χ1n) is 10.7. The Balaban J connectivity index is 1.24. The van der Waals surface area contributed by atoms with Crippen molar-refractivity contribution < 1.29 is 19.1 Å². The molecule has 6 nitrogen and oxygen atoms in total. The van der Waals surface area contributed by atoms with Gasteiger partial charge in [-0.3, -0.25) is 9.59 Å². The fourth-order valence-corrected chi connectivity index (χ4v) is 4.85. The van der Waals surface area contributed by atoms with Gasteiger partial charge in [0.2, 0.25) is 12.7 Å². The van der Waals surface area contributed by atoms with Gasteiger partial charge in [0.25, 0.3) is 5.91 Å². The smallest absolute Gasteiger partial charge is 0.253 e. The molecule has 0 saturated carbocycles. The van der Waals surface area contributed by atoms with E-state index < -0.39 is 0 Å². The molecule has 0 spiro atoms. The highest BCUT2D eigenvalue weighted by molar-refractivity contribution is 5.94. The molecule has 2 saturated heterocycles. The molecule has 2 aromatic rings. The number of nitrogens with zero attached hydrogens (tertiary/aromatic N) is 2. The van der Waals surface area contributed by atoms with Crippen LogP contribution < -0.4 is 9.47 Å². The number of ether oxygens (including phenoxy) is 2. The number of benzene rings is 2. The van der Waals surface area contributed by atoms with Crippen molar-refractivity contribution in [2.45, 2.75) is 25.8 Å². The van der Waals surface area contributed by atoms with Gasteiger partial charge in [0.05, 0.1) is 0 Å². The van der Waals surface area contributed by atoms with Crippen LogP contribution in [0.5, 0.6) is 11.5 Å². The summed E-state index contributed by atoms with van der Waals surface area (Å²) in [6.07, 6.45) is 2.40. The lowest BCUT2D eigenvalue weighted by Crippen LogP contribution is -2.43. The molecule has 0 N–H and O–H groups in total. The standard InChI is InChI=1S/C24H26N2O4/c27-23-13-19-8-11-26(24(28)18-4-2-1-3-5-18)15-20(19)9-10-25(23)14-17-6-7-21-22(12-17)30-16-29-21/h1-7,12,19-20H,8-11,13-16H2/t19-,20+/m1/s1. The summed E-state index contributed by atoms with van der Waals surface area (Å²) in [6.45, 7) is 3.03. The number of carbonyl (C=O) groups excluding carboxylic acids is 2. The second-order valence-electron chi connectivity index (χ2n) is 8.42. The summed E-state index contributed by atoms with van der Waals surface area (Å²) < 4.78 is 10.8. The molecule has 0 bridgehead atoms. The van der Waals surface area contributed by atoms with Gasteiger partial charge >= 0.3 is 0 Å². The summed E-state index contributed by atoms with van der Waals surface area (Å²) >= 11 is 0. The number of hydrogen-bond donors (Lipinski definition) is 0. The van der Waals surface area contributed by atoms with Crippen LogP contribution in [0, 0.1) is 11.8 Å². The van der Waals surface area contributed by atoms with E-state index in [0.717, 1.165) is 55.1 Å². The maximum atomic E-state index is 12.9. The SMILES string of the molecule is O=C1C[C@H]2CCN(C(=O)c3ccccc3)C[C@@H]2CCN1Cc1ccc2c(c1)OCO2. The average Bonchev–Trinajstić information content (AvgIpc) is 3.19. The van der Waals surface area contributed by atoms with Gasteiger partial charge in [-0.15, -0.1) is 0 Å². The summed E-state index contributed by atoms with van der Waals surface area (Å²) in [5.74, 6) is 2.55. The van der Waals surface area contributed by atoms with Crippen molar-refractivity contribution in [3.05, 3.63) is 59.7 Å². The van der Waals surface area contributed by atoms with E-state index in [1.165, 1.54) is 0 Å². The zero-order chi connectivity index (χ0) is 20.5. The Bertz CT molecular complexity index is 945. The molecule has 0 aromatic heterocycles. The largest absolute Gasteiger partial charge is 0.454 e. The van der Waals surface area contributed by atoms with Crippen LogP contribution in [0.4, 0.5) is 0 Å². The summed E-state index contributed by atoms with van der Waals surface area (Å²) in [5.41, 5.74) is 1.79. The Hall–Kier alpha value is -3.02. The molecule has 6 heteroatoms. The number of rotatable bonds is 3. The van der Waals surface area contributed by atoms with Crippen LogP contribution in [0.3, 0.4) is 0 Å². The molecule has 0 aliphatic carbocycles. The first-order chi connectivity index (χ1) is 14.7. The minimum atomic E-state index is 0.0989. The molecule has 2 aromatic carbocycles. The molecule has 3 aliphatic heterocycles. The minimum Gasteiger partial charge on any atom is -0.454 e. The predicted octanol–water partition coefficient (Wildman–Crippen LogP) is 3.32. The first-order valence-corrected chi connectivity index (χ1v) is 10.7. The van der Waals surface area contributed by atoms with Crippen molar-refractivity contribution in [3.63, 3.8) is 0 Å². The number of hydrogen-bond acceptors (Lipinski definition) is 4. The van der Waals surface area contributed by atoms with Crippen molar-refractivity contribution in [1.29, 1.82) is 0 Å². The lowest BCUT2D eigenvalue weighted by molar-refractivity contribution is -0.132. The summed E-state index contributed by atoms with van der Waals surface area (Å²) in [4.78, 5) is 29.7. The third kappa shape index (κ3) is 3.74. The van der Waals surface area contributed by atoms with Crippen molar-refractivity contribution in [3.8, 4) is 11.5 Å². The van der Waals surface area contributed by atoms with Crippen LogP contribution in [0.2, 0.25) is 0 Å². The fourth-order valence-electron chi connectivity index (χ4n) is 4.85. The van der Waals surface area contributed by atoms with Crippen molar-refractivity contribution in [1.82, 2.24) is 9.80 Å². The summed E-state index contributed by atoms with van der Waals surface area (Å²) in [7, 11) is 0. The van der Waals surface area contributed by atoms with Crippen LogP contribution >= 0.6 is 0 Å². The van der Waals surface area contributed by atoms with Gasteiger partial charge in [-0.1, -0.05) is 24.3 Å². The molecule has 3 heterocycles. The minimum absolute atomic E-state index is 0.0989. The lowest BCUT2D eigenvalue weighted by Gasteiger charge is -2.37. The maximum absolute atomic E-state index is 12.9. The molecule has 3 aliphatic rings. The van der Waals surface area contributed by atoms with Crippen LogP contribution in [0.1, 0.15) is 35.2 Å². The topological polar surface area (TPSA) is 59.1 Å². The molecule has 2 fully saturated rings. The van der Waals surface area contributed by atoms with Gasteiger partial charge in [-0.2, -0.15) is 0 Å². The van der Waals surface area contributed by atoms with E-state index >= 15 is 0 Å². The molecule has 2 atom stereocenters. The Kier molecular flexibility index (Phi) is 5.07. The van der Waals surface area contributed by atoms with E-state index in [4.69, 9.17) is 9.47 Å². The van der Waals surface area contributed by atoms with E-state index in [1.54, 1.807) is 0 Å². The molecule has 156 valence electrons.